The van der Waals surface area contributed by atoms with Crippen LogP contribution in [0.3, 0.4) is 0 Å². The minimum atomic E-state index is -0.564. The quantitative estimate of drug-likeness (QED) is 0.110. The van der Waals surface area contributed by atoms with Gasteiger partial charge in [0.1, 0.15) is 29.2 Å². The first-order valence-electron chi connectivity index (χ1n) is 11.8. The van der Waals surface area contributed by atoms with Crippen molar-refractivity contribution >= 4 is 27.7 Å². The fraction of sp³-hybridized carbons (Fsp3) is 0.259. The second-order valence-electron chi connectivity index (χ2n) is 8.37. The van der Waals surface area contributed by atoms with Gasteiger partial charge in [-0.15, -0.1) is 10.2 Å². The van der Waals surface area contributed by atoms with Crippen LogP contribution in [0.4, 0.5) is 0 Å². The second-order valence-corrected chi connectivity index (χ2v) is 10.5. The molecule has 0 fully saturated rings. The van der Waals surface area contributed by atoms with Crippen molar-refractivity contribution in [2.45, 2.75) is 37.8 Å². The van der Waals surface area contributed by atoms with Crippen LogP contribution in [0.15, 0.2) is 76.4 Å². The number of hydrogen-bond donors (Lipinski definition) is 0. The van der Waals surface area contributed by atoms with Crippen molar-refractivity contribution in [2.24, 2.45) is 0 Å². The maximum absolute atomic E-state index is 11.7. The number of thioether (sulfide) groups is 1. The first kappa shape index (κ1) is 26.7. The van der Waals surface area contributed by atoms with Gasteiger partial charge >= 0.3 is 0 Å². The zero-order valence-electron chi connectivity index (χ0n) is 20.8. The molecule has 0 aliphatic heterocycles. The Hall–Kier alpha value is -3.37. The SMILES string of the molecule is CCOc1ccc(-n2c(C)nnc2S[C@H](C[N+](=O)[O-])c2cc(Br)ccc2OCc2ccc(C)cc2)cc1. The lowest BCUT2D eigenvalue weighted by Crippen LogP contribution is -2.12. The van der Waals surface area contributed by atoms with Gasteiger partial charge in [-0.1, -0.05) is 57.5 Å². The number of nitro groups is 1. The Bertz CT molecular complexity index is 1360. The van der Waals surface area contributed by atoms with E-state index in [0.717, 1.165) is 21.5 Å². The molecule has 0 unspecified atom stereocenters. The average molecular weight is 584 g/mol. The molecule has 8 nitrogen and oxygen atoms in total. The van der Waals surface area contributed by atoms with Gasteiger partial charge in [0.25, 0.3) is 0 Å². The molecule has 10 heteroatoms. The van der Waals surface area contributed by atoms with E-state index in [0.29, 0.717) is 35.5 Å². The summed E-state index contributed by atoms with van der Waals surface area (Å²) in [5.41, 5.74) is 3.74. The van der Waals surface area contributed by atoms with Crippen LogP contribution in [0.1, 0.15) is 34.7 Å². The molecule has 1 aromatic heterocycles. The third-order valence-corrected chi connectivity index (χ3v) is 7.25. The largest absolute Gasteiger partial charge is 0.494 e. The van der Waals surface area contributed by atoms with Gasteiger partial charge in [-0.05, 0) is 68.8 Å². The van der Waals surface area contributed by atoms with Gasteiger partial charge < -0.3 is 9.47 Å². The molecule has 192 valence electrons. The van der Waals surface area contributed by atoms with E-state index >= 15 is 0 Å². The Balaban J connectivity index is 1.65. The lowest BCUT2D eigenvalue weighted by atomic mass is 10.1. The number of halogens is 1. The van der Waals surface area contributed by atoms with Crippen LogP contribution < -0.4 is 9.47 Å². The highest BCUT2D eigenvalue weighted by molar-refractivity contribution is 9.10. The van der Waals surface area contributed by atoms with Crippen LogP contribution in [0.25, 0.3) is 5.69 Å². The lowest BCUT2D eigenvalue weighted by Gasteiger charge is -2.18. The standard InChI is InChI=1S/C27H27BrN4O4S/c1-4-35-23-12-10-22(11-13-23)32-19(3)29-30-27(32)37-26(16-31(33)34)24-15-21(28)9-14-25(24)36-17-20-7-5-18(2)6-8-20/h5-15,26H,4,16-17H2,1-3H3/t26-/m1/s1. The first-order chi connectivity index (χ1) is 17.8. The molecule has 0 radical (unpaired) electrons. The van der Waals surface area contributed by atoms with Gasteiger partial charge in [0.2, 0.25) is 6.54 Å². The third kappa shape index (κ3) is 6.90. The van der Waals surface area contributed by atoms with E-state index in [1.165, 1.54) is 17.3 Å². The first-order valence-corrected chi connectivity index (χ1v) is 13.4. The topological polar surface area (TPSA) is 92.3 Å². The third-order valence-electron chi connectivity index (χ3n) is 5.60. The Morgan fingerprint density at radius 3 is 2.43 bits per heavy atom. The van der Waals surface area contributed by atoms with Crippen molar-refractivity contribution < 1.29 is 14.4 Å². The molecular weight excluding hydrogens is 556 g/mol. The van der Waals surface area contributed by atoms with E-state index < -0.39 is 5.25 Å². The predicted molar refractivity (Wildman–Crippen MR) is 147 cm³/mol. The molecule has 1 atom stereocenters. The van der Waals surface area contributed by atoms with Crippen LogP contribution in [-0.4, -0.2) is 32.8 Å². The highest BCUT2D eigenvalue weighted by Gasteiger charge is 2.27. The molecular formula is C27H27BrN4O4S. The Morgan fingerprint density at radius 2 is 1.76 bits per heavy atom. The molecule has 0 spiro atoms. The van der Waals surface area contributed by atoms with Crippen molar-refractivity contribution in [2.75, 3.05) is 13.2 Å². The van der Waals surface area contributed by atoms with Crippen molar-refractivity contribution in [3.05, 3.63) is 104 Å². The number of hydrogen-bond acceptors (Lipinski definition) is 7. The Morgan fingerprint density at radius 1 is 1.03 bits per heavy atom. The van der Waals surface area contributed by atoms with E-state index in [-0.39, 0.29) is 11.5 Å². The highest BCUT2D eigenvalue weighted by atomic mass is 79.9. The summed E-state index contributed by atoms with van der Waals surface area (Å²) >= 11 is 4.80. The van der Waals surface area contributed by atoms with E-state index in [2.05, 4.69) is 26.1 Å². The van der Waals surface area contributed by atoms with E-state index in [1.807, 2.05) is 92.1 Å². The van der Waals surface area contributed by atoms with Crippen molar-refractivity contribution in [3.63, 3.8) is 0 Å². The average Bonchev–Trinajstić information content (AvgIpc) is 3.24. The van der Waals surface area contributed by atoms with Crippen LogP contribution in [0.2, 0.25) is 0 Å². The molecule has 0 amide bonds. The van der Waals surface area contributed by atoms with E-state index in [1.54, 1.807) is 0 Å². The minimum Gasteiger partial charge on any atom is -0.494 e. The summed E-state index contributed by atoms with van der Waals surface area (Å²) in [6.45, 7) is 6.44. The van der Waals surface area contributed by atoms with E-state index in [4.69, 9.17) is 9.47 Å². The van der Waals surface area contributed by atoms with Gasteiger partial charge in [-0.25, -0.2) is 0 Å². The maximum atomic E-state index is 11.7. The molecule has 37 heavy (non-hydrogen) atoms. The number of ether oxygens (including phenoxy) is 2. The molecule has 4 rings (SSSR count). The van der Waals surface area contributed by atoms with Crippen molar-refractivity contribution in [3.8, 4) is 17.2 Å². The van der Waals surface area contributed by atoms with Crippen molar-refractivity contribution in [1.82, 2.24) is 14.8 Å². The Kier molecular flexibility index (Phi) is 8.83. The summed E-state index contributed by atoms with van der Waals surface area (Å²) in [5, 5.41) is 20.3. The summed E-state index contributed by atoms with van der Waals surface area (Å²) in [6.07, 6.45) is 0. The van der Waals surface area contributed by atoms with Gasteiger partial charge in [0.15, 0.2) is 5.16 Å². The number of nitrogens with zero attached hydrogens (tertiary/aromatic N) is 4. The summed E-state index contributed by atoms with van der Waals surface area (Å²) in [7, 11) is 0. The normalized spacial score (nSPS) is 11.8. The number of benzene rings is 3. The predicted octanol–water partition coefficient (Wildman–Crippen LogP) is 6.73. The highest BCUT2D eigenvalue weighted by Crippen LogP contribution is 2.41. The molecule has 0 saturated carbocycles. The van der Waals surface area contributed by atoms with Crippen molar-refractivity contribution in [1.29, 1.82) is 0 Å². The number of aryl methyl sites for hydroxylation is 2. The molecule has 3 aromatic carbocycles. The summed E-state index contributed by atoms with van der Waals surface area (Å²) in [5.74, 6) is 2.03. The van der Waals surface area contributed by atoms with Crippen LogP contribution in [-0.2, 0) is 6.61 Å². The zero-order chi connectivity index (χ0) is 26.4. The molecule has 0 saturated heterocycles. The van der Waals surface area contributed by atoms with Crippen LogP contribution in [0.5, 0.6) is 11.5 Å². The van der Waals surface area contributed by atoms with Crippen LogP contribution in [0, 0.1) is 24.0 Å². The molecule has 1 heterocycles. The number of aromatic nitrogens is 3. The summed E-state index contributed by atoms with van der Waals surface area (Å²) in [6, 6.07) is 21.3. The monoisotopic (exact) mass is 582 g/mol. The van der Waals surface area contributed by atoms with Crippen LogP contribution >= 0.6 is 27.7 Å². The second kappa shape index (κ2) is 12.2. The molecule has 4 aromatic rings. The molecule has 0 aliphatic carbocycles. The molecule has 0 bridgehead atoms. The fourth-order valence-electron chi connectivity index (χ4n) is 3.78. The molecule has 0 N–H and O–H groups in total. The molecule has 0 aliphatic rings. The minimum absolute atomic E-state index is 0.308. The van der Waals surface area contributed by atoms with E-state index in [9.17, 15) is 10.1 Å². The summed E-state index contributed by atoms with van der Waals surface area (Å²) in [4.78, 5) is 11.4. The smallest absolute Gasteiger partial charge is 0.220 e. The van der Waals surface area contributed by atoms with Gasteiger partial charge in [-0.2, -0.15) is 0 Å². The lowest BCUT2D eigenvalue weighted by molar-refractivity contribution is -0.479. The van der Waals surface area contributed by atoms with Gasteiger partial charge in [0.05, 0.1) is 6.61 Å². The Labute approximate surface area is 228 Å². The maximum Gasteiger partial charge on any atom is 0.220 e. The fourth-order valence-corrected chi connectivity index (χ4v) is 5.36. The van der Waals surface area contributed by atoms with Gasteiger partial charge in [-0.3, -0.25) is 14.7 Å². The zero-order valence-corrected chi connectivity index (χ0v) is 23.2. The number of rotatable bonds is 11. The van der Waals surface area contributed by atoms with Gasteiger partial charge in [0, 0.05) is 20.6 Å². The summed E-state index contributed by atoms with van der Waals surface area (Å²) < 4.78 is 14.4.